The summed E-state index contributed by atoms with van der Waals surface area (Å²) in [6.45, 7) is 3.09. The number of nitrogens with one attached hydrogen (secondary N) is 1. The van der Waals surface area contributed by atoms with Gasteiger partial charge in [-0.05, 0) is 37.1 Å². The first-order chi connectivity index (χ1) is 9.70. The smallest absolute Gasteiger partial charge is 0.335 e. The molecule has 0 saturated carbocycles. The van der Waals surface area contributed by atoms with Crippen LogP contribution in [0.4, 0.5) is 5.82 Å². The summed E-state index contributed by atoms with van der Waals surface area (Å²) in [5, 5.41) is 17.0. The van der Waals surface area contributed by atoms with Crippen molar-refractivity contribution in [1.29, 1.82) is 0 Å². The van der Waals surface area contributed by atoms with Crippen LogP contribution in [0.2, 0.25) is 0 Å². The Bertz CT molecular complexity index is 644. The SMILES string of the molecule is CCCc1nn(-c2ccc(C(=O)O)cc2)c2c1CCN2. The van der Waals surface area contributed by atoms with Gasteiger partial charge in [0.1, 0.15) is 5.82 Å². The van der Waals surface area contributed by atoms with E-state index in [9.17, 15) is 4.79 Å². The molecule has 1 aliphatic heterocycles. The Balaban J connectivity index is 2.01. The van der Waals surface area contributed by atoms with Gasteiger partial charge in [0.05, 0.1) is 16.9 Å². The average Bonchev–Trinajstić information content (AvgIpc) is 3.03. The number of fused-ring (bicyclic) bond motifs is 1. The predicted octanol–water partition coefficient (Wildman–Crippen LogP) is 2.49. The maximum absolute atomic E-state index is 10.9. The Morgan fingerprint density at radius 2 is 2.15 bits per heavy atom. The Morgan fingerprint density at radius 3 is 2.80 bits per heavy atom. The van der Waals surface area contributed by atoms with Crippen molar-refractivity contribution < 1.29 is 9.90 Å². The van der Waals surface area contributed by atoms with E-state index in [4.69, 9.17) is 5.11 Å². The van der Waals surface area contributed by atoms with Crippen LogP contribution in [0, 0.1) is 0 Å². The Hall–Kier alpha value is -2.30. The number of benzene rings is 1. The van der Waals surface area contributed by atoms with Crippen molar-refractivity contribution >= 4 is 11.8 Å². The highest BCUT2D eigenvalue weighted by Gasteiger charge is 2.22. The molecule has 0 bridgehead atoms. The topological polar surface area (TPSA) is 67.2 Å². The van der Waals surface area contributed by atoms with Gasteiger partial charge in [-0.2, -0.15) is 5.10 Å². The molecule has 0 spiro atoms. The van der Waals surface area contributed by atoms with Crippen molar-refractivity contribution in [2.24, 2.45) is 0 Å². The highest BCUT2D eigenvalue weighted by Crippen LogP contribution is 2.29. The molecular weight excluding hydrogens is 254 g/mol. The second kappa shape index (κ2) is 5.00. The van der Waals surface area contributed by atoms with Gasteiger partial charge in [0.25, 0.3) is 0 Å². The minimum Gasteiger partial charge on any atom is -0.478 e. The lowest BCUT2D eigenvalue weighted by Gasteiger charge is -2.06. The van der Waals surface area contributed by atoms with E-state index in [0.717, 1.165) is 43.0 Å². The van der Waals surface area contributed by atoms with Crippen LogP contribution in [-0.4, -0.2) is 27.4 Å². The number of rotatable bonds is 4. The first-order valence-corrected chi connectivity index (χ1v) is 6.89. The monoisotopic (exact) mass is 271 g/mol. The summed E-state index contributed by atoms with van der Waals surface area (Å²) in [6, 6.07) is 6.82. The normalized spacial score (nSPS) is 13.1. The number of carboxylic acids is 1. The molecule has 5 nitrogen and oxygen atoms in total. The van der Waals surface area contributed by atoms with Gasteiger partial charge in [-0.3, -0.25) is 0 Å². The zero-order valence-electron chi connectivity index (χ0n) is 11.4. The molecule has 0 unspecified atom stereocenters. The van der Waals surface area contributed by atoms with E-state index in [-0.39, 0.29) is 0 Å². The second-order valence-corrected chi connectivity index (χ2v) is 4.96. The molecule has 20 heavy (non-hydrogen) atoms. The third kappa shape index (κ3) is 2.05. The van der Waals surface area contributed by atoms with Crippen LogP contribution in [0.1, 0.15) is 35.0 Å². The zero-order chi connectivity index (χ0) is 14.1. The molecule has 0 aliphatic carbocycles. The highest BCUT2D eigenvalue weighted by atomic mass is 16.4. The molecule has 3 rings (SSSR count). The van der Waals surface area contributed by atoms with Crippen LogP contribution in [-0.2, 0) is 12.8 Å². The number of aromatic nitrogens is 2. The summed E-state index contributed by atoms with van der Waals surface area (Å²) in [5.41, 5.74) is 3.63. The van der Waals surface area contributed by atoms with Gasteiger partial charge in [-0.15, -0.1) is 0 Å². The third-order valence-electron chi connectivity index (χ3n) is 3.58. The van der Waals surface area contributed by atoms with Crippen molar-refractivity contribution in [2.45, 2.75) is 26.2 Å². The maximum atomic E-state index is 10.9. The lowest BCUT2D eigenvalue weighted by molar-refractivity contribution is 0.0697. The number of carbonyl (C=O) groups is 1. The van der Waals surface area contributed by atoms with Crippen molar-refractivity contribution in [1.82, 2.24) is 9.78 Å². The maximum Gasteiger partial charge on any atom is 0.335 e. The van der Waals surface area contributed by atoms with Crippen LogP contribution in [0.25, 0.3) is 5.69 Å². The number of aryl methyl sites for hydroxylation is 1. The van der Waals surface area contributed by atoms with Gasteiger partial charge in [0, 0.05) is 12.1 Å². The fourth-order valence-electron chi connectivity index (χ4n) is 2.62. The molecule has 2 heterocycles. The zero-order valence-corrected chi connectivity index (χ0v) is 11.4. The van der Waals surface area contributed by atoms with Crippen molar-refractivity contribution in [2.75, 3.05) is 11.9 Å². The summed E-state index contributed by atoms with van der Waals surface area (Å²) in [4.78, 5) is 10.9. The first-order valence-electron chi connectivity index (χ1n) is 6.89. The van der Waals surface area contributed by atoms with E-state index in [0.29, 0.717) is 5.56 Å². The van der Waals surface area contributed by atoms with Crippen molar-refractivity contribution in [3.05, 3.63) is 41.1 Å². The van der Waals surface area contributed by atoms with Crippen LogP contribution >= 0.6 is 0 Å². The fourth-order valence-corrected chi connectivity index (χ4v) is 2.62. The molecule has 2 aromatic rings. The van der Waals surface area contributed by atoms with Crippen LogP contribution in [0.3, 0.4) is 0 Å². The third-order valence-corrected chi connectivity index (χ3v) is 3.58. The van der Waals surface area contributed by atoms with E-state index < -0.39 is 5.97 Å². The molecule has 5 heteroatoms. The van der Waals surface area contributed by atoms with E-state index >= 15 is 0 Å². The molecule has 0 amide bonds. The number of hydrogen-bond donors (Lipinski definition) is 2. The lowest BCUT2D eigenvalue weighted by atomic mass is 10.1. The summed E-state index contributed by atoms with van der Waals surface area (Å²) in [5.74, 6) is 0.142. The lowest BCUT2D eigenvalue weighted by Crippen LogP contribution is -2.05. The molecule has 0 radical (unpaired) electrons. The summed E-state index contributed by atoms with van der Waals surface area (Å²) < 4.78 is 1.89. The second-order valence-electron chi connectivity index (χ2n) is 4.96. The Kier molecular flexibility index (Phi) is 3.18. The molecule has 1 aromatic heterocycles. The van der Waals surface area contributed by atoms with Crippen LogP contribution in [0.5, 0.6) is 0 Å². The van der Waals surface area contributed by atoms with Gasteiger partial charge >= 0.3 is 5.97 Å². The van der Waals surface area contributed by atoms with Crippen LogP contribution < -0.4 is 5.32 Å². The Morgan fingerprint density at radius 1 is 1.40 bits per heavy atom. The Labute approximate surface area is 117 Å². The number of anilines is 1. The summed E-state index contributed by atoms with van der Waals surface area (Å²) in [7, 11) is 0. The van der Waals surface area contributed by atoms with Gasteiger partial charge in [-0.25, -0.2) is 9.48 Å². The molecular formula is C15H17N3O2. The average molecular weight is 271 g/mol. The van der Waals surface area contributed by atoms with E-state index in [1.165, 1.54) is 5.56 Å². The van der Waals surface area contributed by atoms with E-state index in [1.807, 2.05) is 4.68 Å². The molecule has 1 aliphatic rings. The molecule has 0 atom stereocenters. The molecule has 0 fully saturated rings. The van der Waals surface area contributed by atoms with Gasteiger partial charge < -0.3 is 10.4 Å². The van der Waals surface area contributed by atoms with Gasteiger partial charge in [0.15, 0.2) is 0 Å². The van der Waals surface area contributed by atoms with E-state index in [1.54, 1.807) is 24.3 Å². The molecule has 2 N–H and O–H groups in total. The van der Waals surface area contributed by atoms with E-state index in [2.05, 4.69) is 17.3 Å². The quantitative estimate of drug-likeness (QED) is 0.896. The summed E-state index contributed by atoms with van der Waals surface area (Å²) >= 11 is 0. The fraction of sp³-hybridized carbons (Fsp3) is 0.333. The standard InChI is InChI=1S/C15H17N3O2/c1-2-3-13-12-8-9-16-14(12)18(17-13)11-6-4-10(5-7-11)15(19)20/h4-7,16H,2-3,8-9H2,1H3,(H,19,20). The van der Waals surface area contributed by atoms with Gasteiger partial charge in [-0.1, -0.05) is 13.3 Å². The number of carboxylic acid groups (broad SMARTS) is 1. The number of hydrogen-bond acceptors (Lipinski definition) is 3. The number of nitrogens with zero attached hydrogens (tertiary/aromatic N) is 2. The first kappa shape index (κ1) is 12.7. The minimum absolute atomic E-state index is 0.291. The molecule has 0 saturated heterocycles. The molecule has 104 valence electrons. The summed E-state index contributed by atoms with van der Waals surface area (Å²) in [6.07, 6.45) is 3.06. The predicted molar refractivity (Wildman–Crippen MR) is 76.7 cm³/mol. The largest absolute Gasteiger partial charge is 0.478 e. The highest BCUT2D eigenvalue weighted by molar-refractivity contribution is 5.87. The molecule has 1 aromatic carbocycles. The van der Waals surface area contributed by atoms with Crippen molar-refractivity contribution in [3.63, 3.8) is 0 Å². The number of aromatic carboxylic acids is 1. The van der Waals surface area contributed by atoms with Crippen molar-refractivity contribution in [3.8, 4) is 5.69 Å². The van der Waals surface area contributed by atoms with Crippen LogP contribution in [0.15, 0.2) is 24.3 Å². The minimum atomic E-state index is -0.910. The van der Waals surface area contributed by atoms with Gasteiger partial charge in [0.2, 0.25) is 0 Å².